The second-order valence-electron chi connectivity index (χ2n) is 5.84. The Bertz CT molecular complexity index is 927. The van der Waals surface area contributed by atoms with Crippen LogP contribution >= 0.6 is 0 Å². The Hall–Kier alpha value is -2.95. The molecule has 0 radical (unpaired) electrons. The Kier molecular flexibility index (Phi) is 3.61. The van der Waals surface area contributed by atoms with E-state index in [0.29, 0.717) is 18.7 Å². The highest BCUT2D eigenvalue weighted by molar-refractivity contribution is 5.95. The molecule has 1 N–H and O–H groups in total. The van der Waals surface area contributed by atoms with Crippen LogP contribution in [0.5, 0.6) is 0 Å². The number of aromatic nitrogens is 2. The molecule has 1 aliphatic rings. The molecule has 0 aliphatic carbocycles. The molecule has 2 aromatic heterocycles. The molecule has 120 valence electrons. The predicted molar refractivity (Wildman–Crippen MR) is 91.0 cm³/mol. The van der Waals surface area contributed by atoms with Gasteiger partial charge < -0.3 is 9.88 Å². The van der Waals surface area contributed by atoms with E-state index >= 15 is 0 Å². The fourth-order valence-corrected chi connectivity index (χ4v) is 3.09. The van der Waals surface area contributed by atoms with E-state index in [4.69, 9.17) is 0 Å². The largest absolute Gasteiger partial charge is 0.346 e. The summed E-state index contributed by atoms with van der Waals surface area (Å²) in [4.78, 5) is 21.7. The fraction of sp³-hybridized carbons (Fsp3) is 0.158. The van der Waals surface area contributed by atoms with Crippen LogP contribution in [0.3, 0.4) is 0 Å². The van der Waals surface area contributed by atoms with Gasteiger partial charge in [0.05, 0.1) is 0 Å². The van der Waals surface area contributed by atoms with Crippen molar-refractivity contribution in [3.63, 3.8) is 0 Å². The Balaban J connectivity index is 1.55. The fourth-order valence-electron chi connectivity index (χ4n) is 3.09. The summed E-state index contributed by atoms with van der Waals surface area (Å²) in [6.07, 6.45) is 6.61. The van der Waals surface area contributed by atoms with E-state index in [0.717, 1.165) is 23.0 Å². The number of amides is 1. The number of pyridine rings is 1. The number of rotatable bonds is 2. The maximum absolute atomic E-state index is 13.0. The van der Waals surface area contributed by atoms with Gasteiger partial charge in [-0.15, -0.1) is 0 Å². The molecule has 0 atom stereocenters. The number of fused-ring (bicyclic) bond motifs is 1. The number of benzene rings is 1. The van der Waals surface area contributed by atoms with Crippen LogP contribution in [0.25, 0.3) is 16.6 Å². The molecule has 4 rings (SSSR count). The average molecular weight is 321 g/mol. The summed E-state index contributed by atoms with van der Waals surface area (Å²) < 4.78 is 13.0. The van der Waals surface area contributed by atoms with Gasteiger partial charge in [-0.05, 0) is 48.4 Å². The first-order chi connectivity index (χ1) is 11.7. The third-order valence-electron chi connectivity index (χ3n) is 4.38. The predicted octanol–water partition coefficient (Wildman–Crippen LogP) is 3.63. The number of carbonyl (C=O) groups is 1. The van der Waals surface area contributed by atoms with Crippen molar-refractivity contribution >= 4 is 22.5 Å². The van der Waals surface area contributed by atoms with Crippen molar-refractivity contribution in [2.24, 2.45) is 0 Å². The highest BCUT2D eigenvalue weighted by Gasteiger charge is 2.20. The number of carbonyl (C=O) groups excluding carboxylic acids is 1. The first-order valence-corrected chi connectivity index (χ1v) is 7.89. The molecule has 5 heteroatoms. The summed E-state index contributed by atoms with van der Waals surface area (Å²) in [6, 6.07) is 9.66. The van der Waals surface area contributed by atoms with Crippen molar-refractivity contribution in [2.75, 3.05) is 13.1 Å². The number of nitrogens with zero attached hydrogens (tertiary/aromatic N) is 2. The zero-order valence-electron chi connectivity index (χ0n) is 13.0. The lowest BCUT2D eigenvalue weighted by Gasteiger charge is -2.26. The average Bonchev–Trinajstić information content (AvgIpc) is 3.06. The Morgan fingerprint density at radius 3 is 2.79 bits per heavy atom. The molecule has 0 saturated carbocycles. The van der Waals surface area contributed by atoms with Gasteiger partial charge in [0.25, 0.3) is 5.91 Å². The van der Waals surface area contributed by atoms with Crippen LogP contribution < -0.4 is 0 Å². The smallest absolute Gasteiger partial charge is 0.254 e. The van der Waals surface area contributed by atoms with E-state index < -0.39 is 0 Å². The van der Waals surface area contributed by atoms with Crippen molar-refractivity contribution in [2.45, 2.75) is 6.42 Å². The van der Waals surface area contributed by atoms with Gasteiger partial charge in [0.15, 0.2) is 0 Å². The maximum atomic E-state index is 13.0. The summed E-state index contributed by atoms with van der Waals surface area (Å²) in [5.74, 6) is -0.397. The van der Waals surface area contributed by atoms with Gasteiger partial charge in [0.1, 0.15) is 11.5 Å². The zero-order valence-corrected chi connectivity index (χ0v) is 13.0. The van der Waals surface area contributed by atoms with Crippen LogP contribution in [0.2, 0.25) is 0 Å². The number of nitrogens with one attached hydrogen (secondary N) is 1. The van der Waals surface area contributed by atoms with Crippen LogP contribution in [0, 0.1) is 5.82 Å². The van der Waals surface area contributed by atoms with Crippen molar-refractivity contribution in [1.29, 1.82) is 0 Å². The third kappa shape index (κ3) is 2.58. The summed E-state index contributed by atoms with van der Waals surface area (Å²) in [6.45, 7) is 1.20. The highest BCUT2D eigenvalue weighted by atomic mass is 19.1. The first-order valence-electron chi connectivity index (χ1n) is 7.89. The number of hydrogen-bond acceptors (Lipinski definition) is 2. The highest BCUT2D eigenvalue weighted by Crippen LogP contribution is 2.28. The van der Waals surface area contributed by atoms with Crippen LogP contribution in [-0.4, -0.2) is 33.9 Å². The Morgan fingerprint density at radius 2 is 2.04 bits per heavy atom. The minimum atomic E-state index is -0.333. The van der Waals surface area contributed by atoms with Gasteiger partial charge in [0, 0.05) is 42.0 Å². The van der Waals surface area contributed by atoms with E-state index in [1.807, 2.05) is 18.3 Å². The quantitative estimate of drug-likeness (QED) is 0.783. The molecule has 3 aromatic rings. The second-order valence-corrected chi connectivity index (χ2v) is 5.84. The first kappa shape index (κ1) is 14.6. The van der Waals surface area contributed by atoms with E-state index in [1.54, 1.807) is 11.1 Å². The molecule has 0 fully saturated rings. The molecule has 4 nitrogen and oxygen atoms in total. The normalized spacial score (nSPS) is 14.7. The summed E-state index contributed by atoms with van der Waals surface area (Å²) in [5.41, 5.74) is 3.76. The summed E-state index contributed by atoms with van der Waals surface area (Å²) in [5, 5.41) is 1.10. The second kappa shape index (κ2) is 5.92. The topological polar surface area (TPSA) is 49.0 Å². The van der Waals surface area contributed by atoms with Crippen molar-refractivity contribution in [3.8, 4) is 0 Å². The van der Waals surface area contributed by atoms with E-state index in [2.05, 4.69) is 16.0 Å². The minimum Gasteiger partial charge on any atom is -0.346 e. The minimum absolute atomic E-state index is 0.0640. The van der Waals surface area contributed by atoms with Crippen molar-refractivity contribution < 1.29 is 9.18 Å². The van der Waals surface area contributed by atoms with Crippen LogP contribution in [0.4, 0.5) is 4.39 Å². The van der Waals surface area contributed by atoms with Gasteiger partial charge in [0.2, 0.25) is 0 Å². The SMILES string of the molecule is O=C(c1ccc(F)cc1)N1CC=C(c2c[nH]c3ncccc23)CC1. The lowest BCUT2D eigenvalue weighted by molar-refractivity contribution is 0.0773. The number of halogens is 1. The van der Waals surface area contributed by atoms with Gasteiger partial charge in [-0.25, -0.2) is 9.37 Å². The molecular weight excluding hydrogens is 305 g/mol. The third-order valence-corrected chi connectivity index (χ3v) is 4.38. The van der Waals surface area contributed by atoms with Crippen LogP contribution in [-0.2, 0) is 0 Å². The van der Waals surface area contributed by atoms with E-state index in [9.17, 15) is 9.18 Å². The zero-order chi connectivity index (χ0) is 16.5. The number of hydrogen-bond donors (Lipinski definition) is 1. The van der Waals surface area contributed by atoms with Crippen molar-refractivity contribution in [3.05, 3.63) is 71.8 Å². The lowest BCUT2D eigenvalue weighted by Crippen LogP contribution is -2.34. The van der Waals surface area contributed by atoms with E-state index in [1.165, 1.54) is 29.8 Å². The molecular formula is C19H16FN3O. The summed E-state index contributed by atoms with van der Waals surface area (Å²) >= 11 is 0. The monoisotopic (exact) mass is 321 g/mol. The van der Waals surface area contributed by atoms with Gasteiger partial charge in [-0.3, -0.25) is 4.79 Å². The van der Waals surface area contributed by atoms with Crippen LogP contribution in [0.1, 0.15) is 22.3 Å². The molecule has 0 saturated heterocycles. The molecule has 1 aliphatic heterocycles. The molecule has 0 bridgehead atoms. The molecule has 0 unspecified atom stereocenters. The van der Waals surface area contributed by atoms with E-state index in [-0.39, 0.29) is 11.7 Å². The number of H-pyrrole nitrogens is 1. The lowest BCUT2D eigenvalue weighted by atomic mass is 9.99. The van der Waals surface area contributed by atoms with Crippen molar-refractivity contribution in [1.82, 2.24) is 14.9 Å². The van der Waals surface area contributed by atoms with Crippen LogP contribution in [0.15, 0.2) is 54.9 Å². The molecule has 1 aromatic carbocycles. The standard InChI is InChI=1S/C19H16FN3O/c20-15-5-3-14(4-6-15)19(24)23-10-7-13(8-11-23)17-12-22-18-16(17)2-1-9-21-18/h1-7,9,12H,8,10-11H2,(H,21,22). The molecule has 0 spiro atoms. The van der Waals surface area contributed by atoms with Gasteiger partial charge in [-0.1, -0.05) is 6.08 Å². The van der Waals surface area contributed by atoms with Gasteiger partial charge in [-0.2, -0.15) is 0 Å². The number of aromatic amines is 1. The molecule has 1 amide bonds. The Morgan fingerprint density at radius 1 is 1.21 bits per heavy atom. The molecule has 24 heavy (non-hydrogen) atoms. The van der Waals surface area contributed by atoms with Gasteiger partial charge >= 0.3 is 0 Å². The maximum Gasteiger partial charge on any atom is 0.254 e. The Labute approximate surface area is 138 Å². The summed E-state index contributed by atoms with van der Waals surface area (Å²) in [7, 11) is 0. The molecule has 3 heterocycles.